The van der Waals surface area contributed by atoms with Crippen LogP contribution in [-0.2, 0) is 32.1 Å². The topological polar surface area (TPSA) is 161 Å². The molecule has 0 radical (unpaired) electrons. The fourth-order valence-electron chi connectivity index (χ4n) is 4.94. The van der Waals surface area contributed by atoms with Crippen molar-refractivity contribution in [2.24, 2.45) is 0 Å². The molecule has 1 aliphatic rings. The number of aromatic amines is 1. The van der Waals surface area contributed by atoms with Gasteiger partial charge in [-0.25, -0.2) is 10.3 Å². The second-order valence-corrected chi connectivity index (χ2v) is 9.84. The maximum atomic E-state index is 12.7. The average molecular weight is 551 g/mol. The van der Waals surface area contributed by atoms with Gasteiger partial charge in [0, 0.05) is 36.0 Å². The number of hydrogen-bond acceptors (Lipinski definition) is 6. The Bertz CT molecular complexity index is 1360. The van der Waals surface area contributed by atoms with Crippen molar-refractivity contribution in [2.45, 2.75) is 57.5 Å². The van der Waals surface area contributed by atoms with Crippen molar-refractivity contribution in [1.82, 2.24) is 20.7 Å². The third-order valence-corrected chi connectivity index (χ3v) is 7.02. The highest BCUT2D eigenvalue weighted by Crippen LogP contribution is 2.31. The Morgan fingerprint density at radius 2 is 1.73 bits per heavy atom. The number of H-pyrrole nitrogens is 1. The van der Waals surface area contributed by atoms with E-state index in [0.717, 1.165) is 41.4 Å². The standard InChI is InChI=1S/C29H34N4O7/c34-25(32-39)10-6-1-2-7-11-27(36)33-15-14-21-22-16-20(12-13-23(22)30-24(21)17-33)40-18-26(35)31-28(29(37)38)19-8-4-3-5-9-19/h3-5,8-9,12-13,16,28,30,39H,1-2,6-7,10-11,14-15,17-18H2,(H,31,35)(H,32,34)(H,37,38)/t28-/m0/s1. The molecule has 212 valence electrons. The zero-order chi connectivity index (χ0) is 28.5. The van der Waals surface area contributed by atoms with E-state index in [9.17, 15) is 24.3 Å². The number of nitrogens with one attached hydrogen (secondary N) is 3. The summed E-state index contributed by atoms with van der Waals surface area (Å²) in [5.74, 6) is -1.50. The Morgan fingerprint density at radius 1 is 0.975 bits per heavy atom. The second kappa shape index (κ2) is 13.6. The number of unbranched alkanes of at least 4 members (excludes halogenated alkanes) is 3. The van der Waals surface area contributed by atoms with E-state index in [1.807, 2.05) is 17.0 Å². The maximum absolute atomic E-state index is 12.7. The highest BCUT2D eigenvalue weighted by Gasteiger charge is 2.25. The van der Waals surface area contributed by atoms with Gasteiger partial charge in [-0.3, -0.25) is 19.6 Å². The third kappa shape index (κ3) is 7.38. The van der Waals surface area contributed by atoms with Crippen molar-refractivity contribution in [3.63, 3.8) is 0 Å². The first kappa shape index (κ1) is 28.6. The summed E-state index contributed by atoms with van der Waals surface area (Å²) in [5.41, 5.74) is 5.10. The van der Waals surface area contributed by atoms with Gasteiger partial charge in [0.25, 0.3) is 5.91 Å². The molecule has 3 aromatic rings. The molecule has 0 saturated carbocycles. The molecule has 4 rings (SSSR count). The lowest BCUT2D eigenvalue weighted by Gasteiger charge is -2.27. The lowest BCUT2D eigenvalue weighted by atomic mass is 10.0. The number of benzene rings is 2. The Labute approximate surface area is 231 Å². The molecular weight excluding hydrogens is 516 g/mol. The molecule has 40 heavy (non-hydrogen) atoms. The summed E-state index contributed by atoms with van der Waals surface area (Å²) < 4.78 is 5.69. The van der Waals surface area contributed by atoms with Crippen molar-refractivity contribution in [2.75, 3.05) is 13.2 Å². The summed E-state index contributed by atoms with van der Waals surface area (Å²) in [5, 5.41) is 21.5. The molecule has 0 unspecified atom stereocenters. The van der Waals surface area contributed by atoms with Gasteiger partial charge in [0.05, 0.1) is 6.54 Å². The molecule has 0 spiro atoms. The van der Waals surface area contributed by atoms with E-state index in [2.05, 4.69) is 10.3 Å². The minimum Gasteiger partial charge on any atom is -0.484 e. The molecule has 5 N–H and O–H groups in total. The lowest BCUT2D eigenvalue weighted by Crippen LogP contribution is -2.36. The van der Waals surface area contributed by atoms with Crippen LogP contribution in [0.5, 0.6) is 5.75 Å². The summed E-state index contributed by atoms with van der Waals surface area (Å²) in [6.45, 7) is 0.777. The molecule has 0 saturated heterocycles. The predicted octanol–water partition coefficient (Wildman–Crippen LogP) is 3.22. The number of aromatic nitrogens is 1. The van der Waals surface area contributed by atoms with Gasteiger partial charge in [0.2, 0.25) is 11.8 Å². The van der Waals surface area contributed by atoms with E-state index in [4.69, 9.17) is 9.94 Å². The number of amides is 3. The molecule has 0 fully saturated rings. The summed E-state index contributed by atoms with van der Waals surface area (Å²) >= 11 is 0. The molecule has 0 bridgehead atoms. The monoisotopic (exact) mass is 550 g/mol. The van der Waals surface area contributed by atoms with Gasteiger partial charge in [-0.15, -0.1) is 0 Å². The van der Waals surface area contributed by atoms with Gasteiger partial charge < -0.3 is 25.0 Å². The highest BCUT2D eigenvalue weighted by molar-refractivity contribution is 5.88. The summed E-state index contributed by atoms with van der Waals surface area (Å²) in [6.07, 6.45) is 4.52. The minimum atomic E-state index is -1.16. The third-order valence-electron chi connectivity index (χ3n) is 7.02. The Hall–Kier alpha value is -4.38. The van der Waals surface area contributed by atoms with Crippen LogP contribution in [0.4, 0.5) is 0 Å². The van der Waals surface area contributed by atoms with Crippen LogP contribution in [0.1, 0.15) is 61.4 Å². The maximum Gasteiger partial charge on any atom is 0.330 e. The zero-order valence-corrected chi connectivity index (χ0v) is 22.2. The van der Waals surface area contributed by atoms with Crippen LogP contribution in [0.3, 0.4) is 0 Å². The number of hydrogen-bond donors (Lipinski definition) is 5. The van der Waals surface area contributed by atoms with Gasteiger partial charge in [0.1, 0.15) is 5.75 Å². The fourth-order valence-corrected chi connectivity index (χ4v) is 4.94. The number of carbonyl (C=O) groups excluding carboxylic acids is 3. The van der Waals surface area contributed by atoms with Crippen LogP contribution in [0.2, 0.25) is 0 Å². The van der Waals surface area contributed by atoms with Crippen LogP contribution in [0.25, 0.3) is 10.9 Å². The van der Waals surface area contributed by atoms with Crippen LogP contribution in [0, 0.1) is 0 Å². The lowest BCUT2D eigenvalue weighted by molar-refractivity contribution is -0.142. The van der Waals surface area contributed by atoms with Gasteiger partial charge in [0.15, 0.2) is 12.6 Å². The zero-order valence-electron chi connectivity index (χ0n) is 22.2. The molecular formula is C29H34N4O7. The van der Waals surface area contributed by atoms with Crippen LogP contribution < -0.4 is 15.5 Å². The van der Waals surface area contributed by atoms with E-state index in [0.29, 0.717) is 43.7 Å². The normalized spacial score (nSPS) is 13.4. The number of nitrogens with zero attached hydrogens (tertiary/aromatic N) is 1. The van der Waals surface area contributed by atoms with Crippen LogP contribution >= 0.6 is 0 Å². The van der Waals surface area contributed by atoms with Crippen molar-refractivity contribution in [3.8, 4) is 5.75 Å². The van der Waals surface area contributed by atoms with E-state index in [1.54, 1.807) is 41.9 Å². The Kier molecular flexibility index (Phi) is 9.74. The fraction of sp³-hybridized carbons (Fsp3) is 0.379. The molecule has 11 nitrogen and oxygen atoms in total. The van der Waals surface area contributed by atoms with Gasteiger partial charge in [-0.1, -0.05) is 43.2 Å². The SMILES string of the molecule is O=C(CCCCCCC(=O)N1CCc2c([nH]c3ccc(OCC(=O)N[C@H](C(=O)O)c4ccccc4)cc23)C1)NO. The largest absolute Gasteiger partial charge is 0.484 e. The quantitative estimate of drug-likeness (QED) is 0.124. The Balaban J connectivity index is 1.29. The summed E-state index contributed by atoms with van der Waals surface area (Å²) in [4.78, 5) is 53.1. The van der Waals surface area contributed by atoms with Crippen LogP contribution in [-0.4, -0.2) is 57.0 Å². The molecule has 0 aliphatic carbocycles. The van der Waals surface area contributed by atoms with E-state index >= 15 is 0 Å². The van der Waals surface area contributed by atoms with E-state index in [-0.39, 0.29) is 18.9 Å². The molecule has 2 aromatic carbocycles. The first-order valence-corrected chi connectivity index (χ1v) is 13.4. The van der Waals surface area contributed by atoms with Crippen molar-refractivity contribution in [3.05, 3.63) is 65.4 Å². The minimum absolute atomic E-state index is 0.0996. The second-order valence-electron chi connectivity index (χ2n) is 9.84. The molecule has 3 amide bonds. The Morgan fingerprint density at radius 3 is 2.45 bits per heavy atom. The van der Waals surface area contributed by atoms with Gasteiger partial charge in [-0.05, 0) is 48.6 Å². The number of carboxylic acid groups (broad SMARTS) is 1. The number of ether oxygens (including phenoxy) is 1. The molecule has 2 heterocycles. The molecule has 11 heteroatoms. The van der Waals surface area contributed by atoms with Crippen molar-refractivity contribution in [1.29, 1.82) is 0 Å². The number of hydroxylamine groups is 1. The van der Waals surface area contributed by atoms with Crippen LogP contribution in [0.15, 0.2) is 48.5 Å². The smallest absolute Gasteiger partial charge is 0.330 e. The number of aliphatic carboxylic acids is 1. The van der Waals surface area contributed by atoms with Crippen molar-refractivity contribution < 1.29 is 34.2 Å². The van der Waals surface area contributed by atoms with Crippen molar-refractivity contribution >= 4 is 34.6 Å². The number of carbonyl (C=O) groups is 4. The number of fused-ring (bicyclic) bond motifs is 3. The first-order chi connectivity index (χ1) is 19.4. The molecule has 1 atom stereocenters. The first-order valence-electron chi connectivity index (χ1n) is 13.4. The number of rotatable bonds is 13. The van der Waals surface area contributed by atoms with E-state index in [1.165, 1.54) is 0 Å². The summed E-state index contributed by atoms with van der Waals surface area (Å²) in [7, 11) is 0. The van der Waals surface area contributed by atoms with E-state index < -0.39 is 23.8 Å². The number of carboxylic acids is 1. The van der Waals surface area contributed by atoms with Gasteiger partial charge >= 0.3 is 5.97 Å². The highest BCUT2D eigenvalue weighted by atomic mass is 16.5. The molecule has 1 aliphatic heterocycles. The average Bonchev–Trinajstić information content (AvgIpc) is 3.33. The predicted molar refractivity (Wildman–Crippen MR) is 146 cm³/mol. The summed E-state index contributed by atoms with van der Waals surface area (Å²) in [6, 6.07) is 12.8. The van der Waals surface area contributed by atoms with Gasteiger partial charge in [-0.2, -0.15) is 0 Å². The molecule has 1 aromatic heterocycles.